The van der Waals surface area contributed by atoms with E-state index in [4.69, 9.17) is 0 Å². The van der Waals surface area contributed by atoms with Gasteiger partial charge in [0, 0.05) is 11.8 Å². The number of hydrogen-bond acceptors (Lipinski definition) is 2. The number of aromatic nitrogens is 2. The van der Waals surface area contributed by atoms with E-state index in [1.54, 1.807) is 6.20 Å². The molecule has 1 N–H and O–H groups in total. The number of benzene rings is 3. The van der Waals surface area contributed by atoms with Crippen LogP contribution in [0.3, 0.4) is 0 Å². The van der Waals surface area contributed by atoms with Gasteiger partial charge >= 0.3 is 0 Å². The van der Waals surface area contributed by atoms with E-state index >= 15 is 0 Å². The summed E-state index contributed by atoms with van der Waals surface area (Å²) in [7, 11) is 0. The van der Waals surface area contributed by atoms with E-state index in [9.17, 15) is 4.79 Å². The number of anilines is 1. The van der Waals surface area contributed by atoms with Crippen molar-refractivity contribution in [1.29, 1.82) is 0 Å². The lowest BCUT2D eigenvalue weighted by Gasteiger charge is -2.08. The molecule has 0 spiro atoms. The van der Waals surface area contributed by atoms with Gasteiger partial charge in [-0.3, -0.25) is 9.48 Å². The zero-order chi connectivity index (χ0) is 20.8. The Hall–Kier alpha value is -3.92. The Bertz CT molecular complexity index is 1140. The van der Waals surface area contributed by atoms with Gasteiger partial charge in [-0.1, -0.05) is 90.5 Å². The van der Waals surface area contributed by atoms with Gasteiger partial charge in [-0.05, 0) is 29.7 Å². The van der Waals surface area contributed by atoms with E-state index in [-0.39, 0.29) is 5.91 Å². The standard InChI is InChI=1S/C26H23N3O/c1-20-12-14-22(15-13-20)18-29-19-24(17-27-29)28-26(30)25(23-10-6-3-7-11-23)16-21-8-4-2-5-9-21/h2-17,19H,18H2,1H3,(H,28,30)/b25-16-. The van der Waals surface area contributed by atoms with Crippen molar-refractivity contribution < 1.29 is 4.79 Å². The van der Waals surface area contributed by atoms with Gasteiger partial charge in [0.15, 0.2) is 0 Å². The highest BCUT2D eigenvalue weighted by Gasteiger charge is 2.13. The largest absolute Gasteiger partial charge is 0.319 e. The Morgan fingerprint density at radius 2 is 1.60 bits per heavy atom. The van der Waals surface area contributed by atoms with Crippen molar-refractivity contribution in [3.05, 3.63) is 120 Å². The monoisotopic (exact) mass is 393 g/mol. The number of amides is 1. The molecule has 0 fully saturated rings. The average Bonchev–Trinajstić information content (AvgIpc) is 3.21. The van der Waals surface area contributed by atoms with Crippen LogP contribution in [-0.2, 0) is 11.3 Å². The Labute approximate surface area is 176 Å². The maximum absolute atomic E-state index is 13.1. The van der Waals surface area contributed by atoms with Crippen molar-refractivity contribution >= 4 is 23.2 Å². The molecule has 1 aromatic heterocycles. The highest BCUT2D eigenvalue weighted by Crippen LogP contribution is 2.21. The van der Waals surface area contributed by atoms with Crippen LogP contribution in [0.5, 0.6) is 0 Å². The summed E-state index contributed by atoms with van der Waals surface area (Å²) < 4.78 is 1.82. The fourth-order valence-electron chi connectivity index (χ4n) is 3.21. The van der Waals surface area contributed by atoms with Crippen LogP contribution in [0.25, 0.3) is 11.6 Å². The minimum absolute atomic E-state index is 0.167. The van der Waals surface area contributed by atoms with Crippen LogP contribution < -0.4 is 5.32 Å². The van der Waals surface area contributed by atoms with Crippen molar-refractivity contribution in [3.63, 3.8) is 0 Å². The molecule has 0 aliphatic carbocycles. The molecular formula is C26H23N3O. The van der Waals surface area contributed by atoms with Crippen molar-refractivity contribution in [2.45, 2.75) is 13.5 Å². The van der Waals surface area contributed by atoms with Crippen LogP contribution in [-0.4, -0.2) is 15.7 Å². The molecule has 0 saturated carbocycles. The molecule has 3 aromatic carbocycles. The van der Waals surface area contributed by atoms with Crippen LogP contribution in [0.1, 0.15) is 22.3 Å². The zero-order valence-electron chi connectivity index (χ0n) is 16.8. The third-order valence-corrected chi connectivity index (χ3v) is 4.80. The first kappa shape index (κ1) is 19.4. The zero-order valence-corrected chi connectivity index (χ0v) is 16.8. The first-order valence-corrected chi connectivity index (χ1v) is 9.89. The number of carbonyl (C=O) groups is 1. The van der Waals surface area contributed by atoms with Gasteiger partial charge in [0.05, 0.1) is 18.4 Å². The lowest BCUT2D eigenvalue weighted by molar-refractivity contribution is -0.111. The van der Waals surface area contributed by atoms with Gasteiger partial charge in [0.1, 0.15) is 0 Å². The SMILES string of the molecule is Cc1ccc(Cn2cc(NC(=O)/C(=C\c3ccccc3)c3ccccc3)cn2)cc1. The molecule has 0 radical (unpaired) electrons. The van der Waals surface area contributed by atoms with Crippen molar-refractivity contribution in [3.8, 4) is 0 Å². The summed E-state index contributed by atoms with van der Waals surface area (Å²) in [4.78, 5) is 13.1. The number of nitrogens with zero attached hydrogens (tertiary/aromatic N) is 2. The molecule has 0 bridgehead atoms. The Morgan fingerprint density at radius 1 is 0.933 bits per heavy atom. The second-order valence-corrected chi connectivity index (χ2v) is 7.20. The minimum atomic E-state index is -0.167. The van der Waals surface area contributed by atoms with Crippen LogP contribution in [0.2, 0.25) is 0 Å². The number of nitrogens with one attached hydrogen (secondary N) is 1. The van der Waals surface area contributed by atoms with Crippen LogP contribution in [0.4, 0.5) is 5.69 Å². The predicted octanol–water partition coefficient (Wildman–Crippen LogP) is 5.42. The molecule has 1 heterocycles. The highest BCUT2D eigenvalue weighted by molar-refractivity contribution is 6.29. The maximum Gasteiger partial charge on any atom is 0.256 e. The summed E-state index contributed by atoms with van der Waals surface area (Å²) in [6, 6.07) is 27.9. The highest BCUT2D eigenvalue weighted by atomic mass is 16.1. The van der Waals surface area contributed by atoms with Gasteiger partial charge in [-0.15, -0.1) is 0 Å². The normalized spacial score (nSPS) is 11.3. The van der Waals surface area contributed by atoms with E-state index < -0.39 is 0 Å². The molecule has 0 aliphatic rings. The quantitative estimate of drug-likeness (QED) is 0.351. The molecule has 30 heavy (non-hydrogen) atoms. The van der Waals surface area contributed by atoms with Gasteiger partial charge in [0.25, 0.3) is 5.91 Å². The van der Waals surface area contributed by atoms with Gasteiger partial charge in [-0.25, -0.2) is 0 Å². The molecular weight excluding hydrogens is 370 g/mol. The second-order valence-electron chi connectivity index (χ2n) is 7.20. The van der Waals surface area contributed by atoms with Crippen LogP contribution >= 0.6 is 0 Å². The smallest absolute Gasteiger partial charge is 0.256 e. The first-order chi connectivity index (χ1) is 14.7. The Morgan fingerprint density at radius 3 is 2.30 bits per heavy atom. The molecule has 4 rings (SSSR count). The number of rotatable bonds is 6. The lowest BCUT2D eigenvalue weighted by atomic mass is 10.0. The topological polar surface area (TPSA) is 46.9 Å². The average molecular weight is 393 g/mol. The van der Waals surface area contributed by atoms with Crippen molar-refractivity contribution in [1.82, 2.24) is 9.78 Å². The van der Waals surface area contributed by atoms with Crippen LogP contribution in [0, 0.1) is 6.92 Å². The Kier molecular flexibility index (Phi) is 5.85. The predicted molar refractivity (Wildman–Crippen MR) is 122 cm³/mol. The van der Waals surface area contributed by atoms with Gasteiger partial charge in [-0.2, -0.15) is 5.10 Å². The molecule has 4 nitrogen and oxygen atoms in total. The number of aryl methyl sites for hydroxylation is 1. The van der Waals surface area contributed by atoms with Crippen molar-refractivity contribution in [2.24, 2.45) is 0 Å². The third kappa shape index (κ3) is 4.92. The van der Waals surface area contributed by atoms with Gasteiger partial charge in [0.2, 0.25) is 0 Å². The van der Waals surface area contributed by atoms with Crippen LogP contribution in [0.15, 0.2) is 97.3 Å². The molecule has 0 atom stereocenters. The summed E-state index contributed by atoms with van der Waals surface area (Å²) >= 11 is 0. The molecule has 4 heteroatoms. The summed E-state index contributed by atoms with van der Waals surface area (Å²) in [6.07, 6.45) is 5.43. The number of carbonyl (C=O) groups excluding carboxylic acids is 1. The lowest BCUT2D eigenvalue weighted by Crippen LogP contribution is -2.13. The molecule has 4 aromatic rings. The molecule has 0 saturated heterocycles. The Balaban J connectivity index is 1.54. The number of hydrogen-bond donors (Lipinski definition) is 1. The van der Waals surface area contributed by atoms with E-state index in [2.05, 4.69) is 41.6 Å². The molecule has 148 valence electrons. The van der Waals surface area contributed by atoms with Crippen molar-refractivity contribution in [2.75, 3.05) is 5.32 Å². The fraction of sp³-hybridized carbons (Fsp3) is 0.0769. The van der Waals surface area contributed by atoms with E-state index in [0.29, 0.717) is 17.8 Å². The summed E-state index contributed by atoms with van der Waals surface area (Å²) in [5.74, 6) is -0.167. The molecule has 0 aliphatic heterocycles. The van der Waals surface area contributed by atoms with E-state index in [1.165, 1.54) is 5.56 Å². The third-order valence-electron chi connectivity index (χ3n) is 4.80. The minimum Gasteiger partial charge on any atom is -0.319 e. The summed E-state index contributed by atoms with van der Waals surface area (Å²) in [5.41, 5.74) is 5.50. The van der Waals surface area contributed by atoms with E-state index in [0.717, 1.165) is 16.7 Å². The summed E-state index contributed by atoms with van der Waals surface area (Å²) in [5, 5.41) is 7.37. The van der Waals surface area contributed by atoms with Gasteiger partial charge < -0.3 is 5.32 Å². The first-order valence-electron chi connectivity index (χ1n) is 9.89. The second kappa shape index (κ2) is 9.05. The van der Waals surface area contributed by atoms with E-state index in [1.807, 2.05) is 77.6 Å². The summed E-state index contributed by atoms with van der Waals surface area (Å²) in [6.45, 7) is 2.72. The molecule has 0 unspecified atom stereocenters. The maximum atomic E-state index is 13.1. The fourth-order valence-corrected chi connectivity index (χ4v) is 3.21. The molecule has 1 amide bonds.